The quantitative estimate of drug-likeness (QED) is 0.843. The molecule has 0 atom stereocenters. The first-order chi connectivity index (χ1) is 10.2. The van der Waals surface area contributed by atoms with Crippen LogP contribution in [0.1, 0.15) is 45.4 Å². The summed E-state index contributed by atoms with van der Waals surface area (Å²) in [5, 5.41) is 7.07. The van der Waals surface area contributed by atoms with Crippen molar-refractivity contribution >= 4 is 17.7 Å². The molecule has 0 bridgehead atoms. The van der Waals surface area contributed by atoms with Crippen LogP contribution in [0.2, 0.25) is 0 Å². The highest BCUT2D eigenvalue weighted by atomic mass is 32.2. The van der Waals surface area contributed by atoms with Crippen LogP contribution < -0.4 is 5.69 Å². The molecule has 0 unspecified atom stereocenters. The number of carbonyl (C=O) groups is 1. The standard InChI is InChI=1S/C14H24N4O2S/c1-2-8-18-13(20)15-16-14(18)21-11-12(19)17-9-6-4-3-5-7-10-17/h2-11H2,1H3,(H,15,20). The summed E-state index contributed by atoms with van der Waals surface area (Å²) in [7, 11) is 0. The van der Waals surface area contributed by atoms with Crippen molar-refractivity contribution in [2.24, 2.45) is 0 Å². The van der Waals surface area contributed by atoms with Crippen LogP contribution >= 0.6 is 11.8 Å². The highest BCUT2D eigenvalue weighted by Crippen LogP contribution is 2.16. The van der Waals surface area contributed by atoms with Crippen molar-refractivity contribution in [2.75, 3.05) is 18.8 Å². The number of aromatic nitrogens is 3. The number of hydrogen-bond acceptors (Lipinski definition) is 4. The number of nitrogens with zero attached hydrogens (tertiary/aromatic N) is 3. The molecule has 2 rings (SSSR count). The number of nitrogens with one attached hydrogen (secondary N) is 1. The molecule has 1 aliphatic rings. The summed E-state index contributed by atoms with van der Waals surface area (Å²) < 4.78 is 1.60. The fourth-order valence-electron chi connectivity index (χ4n) is 2.55. The molecule has 2 heterocycles. The van der Waals surface area contributed by atoms with Crippen molar-refractivity contribution in [1.82, 2.24) is 19.7 Å². The second-order valence-corrected chi connectivity index (χ2v) is 6.34. The number of hydrogen-bond donors (Lipinski definition) is 1. The first-order valence-corrected chi connectivity index (χ1v) is 8.76. The molecule has 1 aliphatic heterocycles. The average molecular weight is 312 g/mol. The molecule has 0 aliphatic carbocycles. The molecule has 6 nitrogen and oxygen atoms in total. The van der Waals surface area contributed by atoms with Crippen molar-refractivity contribution < 1.29 is 4.79 Å². The van der Waals surface area contributed by atoms with E-state index >= 15 is 0 Å². The molecule has 118 valence electrons. The molecular formula is C14H24N4O2S. The van der Waals surface area contributed by atoms with E-state index in [1.807, 2.05) is 11.8 Å². The highest BCUT2D eigenvalue weighted by Gasteiger charge is 2.17. The lowest BCUT2D eigenvalue weighted by molar-refractivity contribution is -0.128. The van der Waals surface area contributed by atoms with Gasteiger partial charge in [0.25, 0.3) is 0 Å². The summed E-state index contributed by atoms with van der Waals surface area (Å²) >= 11 is 1.35. The van der Waals surface area contributed by atoms with Crippen molar-refractivity contribution in [3.05, 3.63) is 10.5 Å². The summed E-state index contributed by atoms with van der Waals surface area (Å²) in [5.41, 5.74) is -0.196. The Balaban J connectivity index is 1.89. The third-order valence-electron chi connectivity index (χ3n) is 3.70. The zero-order chi connectivity index (χ0) is 15.1. The van der Waals surface area contributed by atoms with E-state index in [4.69, 9.17) is 0 Å². The fourth-order valence-corrected chi connectivity index (χ4v) is 3.42. The number of thioether (sulfide) groups is 1. The van der Waals surface area contributed by atoms with Crippen LogP contribution in [0.4, 0.5) is 0 Å². The van der Waals surface area contributed by atoms with Gasteiger partial charge in [-0.3, -0.25) is 9.36 Å². The molecule has 1 aromatic heterocycles. The Kier molecular flexibility index (Phi) is 6.35. The summed E-state index contributed by atoms with van der Waals surface area (Å²) in [6.45, 7) is 4.37. The van der Waals surface area contributed by atoms with Gasteiger partial charge >= 0.3 is 5.69 Å². The van der Waals surface area contributed by atoms with Gasteiger partial charge in [-0.25, -0.2) is 9.89 Å². The topological polar surface area (TPSA) is 71.0 Å². The van der Waals surface area contributed by atoms with E-state index in [9.17, 15) is 9.59 Å². The second kappa shape index (κ2) is 8.26. The number of amides is 1. The smallest absolute Gasteiger partial charge is 0.342 e. The Bertz CT molecular complexity index is 503. The van der Waals surface area contributed by atoms with Crippen LogP contribution in [-0.4, -0.2) is 44.4 Å². The molecular weight excluding hydrogens is 288 g/mol. The van der Waals surface area contributed by atoms with Gasteiger partial charge in [-0.2, -0.15) is 0 Å². The monoisotopic (exact) mass is 312 g/mol. The van der Waals surface area contributed by atoms with Gasteiger partial charge in [0.05, 0.1) is 5.75 Å². The normalized spacial score (nSPS) is 16.5. The molecule has 1 saturated heterocycles. The Morgan fingerprint density at radius 1 is 1.24 bits per heavy atom. The van der Waals surface area contributed by atoms with Crippen molar-refractivity contribution in [1.29, 1.82) is 0 Å². The van der Waals surface area contributed by atoms with E-state index in [-0.39, 0.29) is 11.6 Å². The molecule has 1 N–H and O–H groups in total. The Morgan fingerprint density at radius 2 is 1.90 bits per heavy atom. The minimum absolute atomic E-state index is 0.153. The van der Waals surface area contributed by atoms with Crippen LogP contribution in [0, 0.1) is 0 Å². The predicted octanol–water partition coefficient (Wildman–Crippen LogP) is 1.87. The van der Waals surface area contributed by atoms with Gasteiger partial charge in [0.15, 0.2) is 5.16 Å². The van der Waals surface area contributed by atoms with E-state index in [2.05, 4.69) is 10.2 Å². The third kappa shape index (κ3) is 4.62. The lowest BCUT2D eigenvalue weighted by Crippen LogP contribution is -2.35. The van der Waals surface area contributed by atoms with Gasteiger partial charge in [-0.15, -0.1) is 5.10 Å². The summed E-state index contributed by atoms with van der Waals surface area (Å²) in [6.07, 6.45) is 6.78. The van der Waals surface area contributed by atoms with E-state index in [0.29, 0.717) is 17.5 Å². The molecule has 0 radical (unpaired) electrons. The first-order valence-electron chi connectivity index (χ1n) is 7.78. The number of rotatable bonds is 5. The maximum absolute atomic E-state index is 12.3. The van der Waals surface area contributed by atoms with Crippen LogP contribution in [0.3, 0.4) is 0 Å². The van der Waals surface area contributed by atoms with E-state index in [0.717, 1.165) is 32.4 Å². The van der Waals surface area contributed by atoms with Gasteiger partial charge in [0.2, 0.25) is 5.91 Å². The molecule has 0 spiro atoms. The Labute approximate surface area is 129 Å². The summed E-state index contributed by atoms with van der Waals surface area (Å²) in [6, 6.07) is 0. The number of carbonyl (C=O) groups excluding carboxylic acids is 1. The maximum atomic E-state index is 12.3. The maximum Gasteiger partial charge on any atom is 0.343 e. The molecule has 1 amide bonds. The average Bonchev–Trinajstić information content (AvgIpc) is 2.77. The summed E-state index contributed by atoms with van der Waals surface area (Å²) in [4.78, 5) is 25.8. The van der Waals surface area contributed by atoms with Crippen molar-refractivity contribution in [2.45, 2.75) is 57.1 Å². The minimum atomic E-state index is -0.196. The predicted molar refractivity (Wildman–Crippen MR) is 83.5 cm³/mol. The van der Waals surface area contributed by atoms with Crippen molar-refractivity contribution in [3.63, 3.8) is 0 Å². The summed E-state index contributed by atoms with van der Waals surface area (Å²) in [5.74, 6) is 0.508. The number of H-pyrrole nitrogens is 1. The zero-order valence-corrected chi connectivity index (χ0v) is 13.5. The van der Waals surface area contributed by atoms with Crippen LogP contribution in [0.5, 0.6) is 0 Å². The van der Waals surface area contributed by atoms with Gasteiger partial charge < -0.3 is 4.90 Å². The fraction of sp³-hybridized carbons (Fsp3) is 0.786. The van der Waals surface area contributed by atoms with Crippen LogP contribution in [0.25, 0.3) is 0 Å². The van der Waals surface area contributed by atoms with Gasteiger partial charge in [-0.05, 0) is 19.3 Å². The SMILES string of the molecule is CCCn1c(SCC(=O)N2CCCCCCC2)n[nH]c1=O. The van der Waals surface area contributed by atoms with E-state index in [1.54, 1.807) is 4.57 Å². The molecule has 21 heavy (non-hydrogen) atoms. The molecule has 0 aromatic carbocycles. The largest absolute Gasteiger partial charge is 0.343 e. The Morgan fingerprint density at radius 3 is 2.57 bits per heavy atom. The Hall–Kier alpha value is -1.24. The second-order valence-electron chi connectivity index (χ2n) is 5.40. The van der Waals surface area contributed by atoms with E-state index in [1.165, 1.54) is 31.0 Å². The van der Waals surface area contributed by atoms with Crippen LogP contribution in [0.15, 0.2) is 9.95 Å². The molecule has 1 aromatic rings. The van der Waals surface area contributed by atoms with Gasteiger partial charge in [-0.1, -0.05) is 37.9 Å². The molecule has 0 saturated carbocycles. The zero-order valence-electron chi connectivity index (χ0n) is 12.6. The number of aromatic amines is 1. The van der Waals surface area contributed by atoms with E-state index < -0.39 is 0 Å². The molecule has 1 fully saturated rings. The lowest BCUT2D eigenvalue weighted by atomic mass is 10.1. The highest BCUT2D eigenvalue weighted by molar-refractivity contribution is 7.99. The van der Waals surface area contributed by atoms with Crippen molar-refractivity contribution in [3.8, 4) is 0 Å². The minimum Gasteiger partial charge on any atom is -0.342 e. The van der Waals surface area contributed by atoms with Crippen LogP contribution in [-0.2, 0) is 11.3 Å². The first kappa shape index (κ1) is 16.1. The number of likely N-dealkylation sites (tertiary alicyclic amines) is 1. The van der Waals surface area contributed by atoms with Gasteiger partial charge in [0.1, 0.15) is 0 Å². The van der Waals surface area contributed by atoms with Gasteiger partial charge in [0, 0.05) is 19.6 Å². The third-order valence-corrected chi connectivity index (χ3v) is 4.67. The lowest BCUT2D eigenvalue weighted by Gasteiger charge is -2.24. The molecule has 7 heteroatoms.